The molecule has 2 unspecified atom stereocenters. The van der Waals surface area contributed by atoms with E-state index in [9.17, 15) is 14.4 Å². The number of nitrogens with zero attached hydrogens (tertiary/aromatic N) is 3. The Balaban J connectivity index is 1.71. The number of benzene rings is 2. The molecular formula is C25H26ClN3O6. The van der Waals surface area contributed by atoms with Crippen LogP contribution in [0.5, 0.6) is 11.5 Å². The number of halogens is 1. The summed E-state index contributed by atoms with van der Waals surface area (Å²) in [4.78, 5) is 41.5. The zero-order valence-corrected chi connectivity index (χ0v) is 20.4. The first-order valence-corrected chi connectivity index (χ1v) is 11.3. The fourth-order valence-electron chi connectivity index (χ4n) is 3.83. The van der Waals surface area contributed by atoms with Gasteiger partial charge in [-0.1, -0.05) is 29.8 Å². The number of para-hydroxylation sites is 1. The van der Waals surface area contributed by atoms with Gasteiger partial charge in [0.2, 0.25) is 5.91 Å². The summed E-state index contributed by atoms with van der Waals surface area (Å²) in [6.45, 7) is 1.69. The van der Waals surface area contributed by atoms with E-state index in [1.807, 2.05) is 12.1 Å². The molecule has 0 N–H and O–H groups in total. The van der Waals surface area contributed by atoms with Crippen molar-refractivity contribution in [3.63, 3.8) is 0 Å². The number of hydrogen-bond donors (Lipinski definition) is 0. The van der Waals surface area contributed by atoms with Crippen LogP contribution in [0.25, 0.3) is 0 Å². The largest absolute Gasteiger partial charge is 0.495 e. The Kier molecular flexibility index (Phi) is 8.55. The number of nitriles is 1. The molecule has 2 aromatic carbocycles. The number of amides is 2. The average molecular weight is 500 g/mol. The van der Waals surface area contributed by atoms with E-state index in [1.165, 1.54) is 30.9 Å². The van der Waals surface area contributed by atoms with Crippen molar-refractivity contribution in [3.8, 4) is 17.6 Å². The minimum atomic E-state index is -1.10. The molecule has 0 aliphatic carbocycles. The molecule has 2 atom stereocenters. The molecule has 0 saturated carbocycles. The van der Waals surface area contributed by atoms with Crippen molar-refractivity contribution in [3.05, 3.63) is 47.5 Å². The molecule has 1 aliphatic heterocycles. The van der Waals surface area contributed by atoms with Crippen LogP contribution in [0.1, 0.15) is 19.8 Å². The first-order valence-electron chi connectivity index (χ1n) is 11.0. The smallest absolute Gasteiger partial charge is 0.312 e. The summed E-state index contributed by atoms with van der Waals surface area (Å²) < 4.78 is 16.0. The van der Waals surface area contributed by atoms with Crippen LogP contribution in [-0.2, 0) is 19.1 Å². The van der Waals surface area contributed by atoms with Gasteiger partial charge in [-0.3, -0.25) is 14.4 Å². The number of hydrogen-bond acceptors (Lipinski definition) is 7. The maximum absolute atomic E-state index is 13.1. The van der Waals surface area contributed by atoms with Crippen LogP contribution < -0.4 is 19.3 Å². The van der Waals surface area contributed by atoms with Crippen molar-refractivity contribution in [2.45, 2.75) is 25.9 Å². The third-order valence-electron chi connectivity index (χ3n) is 5.62. The number of ether oxygens (including phenoxy) is 3. The summed E-state index contributed by atoms with van der Waals surface area (Å²) in [6.07, 6.45) is -1.06. The second-order valence-corrected chi connectivity index (χ2v) is 8.28. The lowest BCUT2D eigenvalue weighted by molar-refractivity contribution is -0.157. The summed E-state index contributed by atoms with van der Waals surface area (Å²) in [5.41, 5.74) is 1.01. The van der Waals surface area contributed by atoms with E-state index in [2.05, 4.69) is 0 Å². The van der Waals surface area contributed by atoms with Crippen LogP contribution in [0.4, 0.5) is 11.4 Å². The number of methoxy groups -OCH3 is 2. The number of esters is 1. The Morgan fingerprint density at radius 1 is 1.20 bits per heavy atom. The Morgan fingerprint density at radius 3 is 2.51 bits per heavy atom. The van der Waals surface area contributed by atoms with Crippen LogP contribution in [0.2, 0.25) is 5.02 Å². The topological polar surface area (TPSA) is 109 Å². The van der Waals surface area contributed by atoms with Crippen molar-refractivity contribution in [2.24, 2.45) is 5.92 Å². The van der Waals surface area contributed by atoms with Crippen LogP contribution in [0, 0.1) is 17.2 Å². The quantitative estimate of drug-likeness (QED) is 0.485. The first-order chi connectivity index (χ1) is 16.8. The molecule has 2 aromatic rings. The summed E-state index contributed by atoms with van der Waals surface area (Å²) in [5.74, 6) is -1.43. The number of carbonyl (C=O) groups excluding carboxylic acids is 3. The maximum Gasteiger partial charge on any atom is 0.312 e. The molecule has 0 aromatic heterocycles. The minimum absolute atomic E-state index is 0.0500. The zero-order valence-electron chi connectivity index (χ0n) is 19.7. The van der Waals surface area contributed by atoms with E-state index in [4.69, 9.17) is 31.1 Å². The Bertz CT molecular complexity index is 1130. The molecule has 35 heavy (non-hydrogen) atoms. The van der Waals surface area contributed by atoms with Crippen molar-refractivity contribution in [1.82, 2.24) is 0 Å². The molecule has 184 valence electrons. The number of anilines is 2. The van der Waals surface area contributed by atoms with Gasteiger partial charge in [0.15, 0.2) is 6.10 Å². The lowest BCUT2D eigenvalue weighted by Gasteiger charge is -2.25. The van der Waals surface area contributed by atoms with Crippen LogP contribution >= 0.6 is 11.6 Å². The summed E-state index contributed by atoms with van der Waals surface area (Å²) in [5, 5.41) is 9.26. The molecular weight excluding hydrogens is 474 g/mol. The van der Waals surface area contributed by atoms with Gasteiger partial charge in [0.1, 0.15) is 11.5 Å². The number of carbonyl (C=O) groups is 3. The molecule has 2 amide bonds. The molecule has 1 fully saturated rings. The van der Waals surface area contributed by atoms with E-state index < -0.39 is 23.9 Å². The third-order valence-corrected chi connectivity index (χ3v) is 5.92. The SMILES string of the molecule is COc1cc(OC)c(N2CC(C(=O)OC(C)C(=O)N(CCC#N)c3ccccc3)CC2=O)cc1Cl. The molecule has 1 aliphatic rings. The average Bonchev–Trinajstić information content (AvgIpc) is 3.26. The van der Waals surface area contributed by atoms with Crippen molar-refractivity contribution >= 4 is 40.8 Å². The molecule has 1 saturated heterocycles. The predicted molar refractivity (Wildman–Crippen MR) is 130 cm³/mol. The molecule has 0 spiro atoms. The minimum Gasteiger partial charge on any atom is -0.495 e. The van der Waals surface area contributed by atoms with Gasteiger partial charge < -0.3 is 24.0 Å². The van der Waals surface area contributed by atoms with Gasteiger partial charge in [0.25, 0.3) is 5.91 Å². The molecule has 0 radical (unpaired) electrons. The summed E-state index contributed by atoms with van der Waals surface area (Å²) >= 11 is 6.23. The van der Waals surface area contributed by atoms with Crippen molar-refractivity contribution < 1.29 is 28.6 Å². The monoisotopic (exact) mass is 499 g/mol. The van der Waals surface area contributed by atoms with E-state index in [0.717, 1.165) is 0 Å². The highest BCUT2D eigenvalue weighted by Gasteiger charge is 2.39. The number of rotatable bonds is 9. The first kappa shape index (κ1) is 25.8. The van der Waals surface area contributed by atoms with Crippen LogP contribution in [-0.4, -0.2) is 51.2 Å². The fourth-order valence-corrected chi connectivity index (χ4v) is 4.07. The van der Waals surface area contributed by atoms with Gasteiger partial charge in [-0.2, -0.15) is 5.26 Å². The van der Waals surface area contributed by atoms with Crippen LogP contribution in [0.3, 0.4) is 0 Å². The fraction of sp³-hybridized carbons (Fsp3) is 0.360. The highest BCUT2D eigenvalue weighted by atomic mass is 35.5. The van der Waals surface area contributed by atoms with E-state index in [1.54, 1.807) is 36.4 Å². The summed E-state index contributed by atoms with van der Waals surface area (Å²) in [7, 11) is 2.92. The standard InChI is InChI=1S/C25H26ClN3O6/c1-16(24(31)28(11-7-10-27)18-8-5-4-6-9-18)35-25(32)17-12-23(30)29(15-17)20-13-19(26)21(33-2)14-22(20)34-3/h4-6,8-9,13-14,16-17H,7,11-12,15H2,1-3H3. The zero-order chi connectivity index (χ0) is 25.5. The van der Waals surface area contributed by atoms with E-state index in [-0.39, 0.29) is 31.8 Å². The van der Waals surface area contributed by atoms with Crippen molar-refractivity contribution in [1.29, 1.82) is 5.26 Å². The molecule has 10 heteroatoms. The highest BCUT2D eigenvalue weighted by Crippen LogP contribution is 2.40. The van der Waals surface area contributed by atoms with Gasteiger partial charge >= 0.3 is 5.97 Å². The predicted octanol–water partition coefficient (Wildman–Crippen LogP) is 3.59. The van der Waals surface area contributed by atoms with Crippen LogP contribution in [0.15, 0.2) is 42.5 Å². The van der Waals surface area contributed by atoms with Gasteiger partial charge in [0, 0.05) is 31.3 Å². The van der Waals surface area contributed by atoms with Gasteiger partial charge in [-0.25, -0.2) is 0 Å². The Hall–Kier alpha value is -3.77. The van der Waals surface area contributed by atoms with Gasteiger partial charge in [-0.15, -0.1) is 0 Å². The Labute approximate surface area is 208 Å². The molecule has 9 nitrogen and oxygen atoms in total. The normalized spacial score (nSPS) is 15.8. The molecule has 3 rings (SSSR count). The second kappa shape index (κ2) is 11.6. The van der Waals surface area contributed by atoms with Crippen molar-refractivity contribution in [2.75, 3.05) is 37.1 Å². The lowest BCUT2D eigenvalue weighted by atomic mass is 10.1. The van der Waals surface area contributed by atoms with Gasteiger partial charge in [-0.05, 0) is 25.1 Å². The highest BCUT2D eigenvalue weighted by molar-refractivity contribution is 6.32. The van der Waals surface area contributed by atoms with Gasteiger partial charge in [0.05, 0.1) is 43.3 Å². The molecule has 1 heterocycles. The third kappa shape index (κ3) is 5.84. The van der Waals surface area contributed by atoms with E-state index in [0.29, 0.717) is 27.9 Å². The van der Waals surface area contributed by atoms with E-state index >= 15 is 0 Å². The lowest BCUT2D eigenvalue weighted by Crippen LogP contribution is -2.41. The molecule has 0 bridgehead atoms. The Morgan fingerprint density at radius 2 is 1.89 bits per heavy atom. The summed E-state index contributed by atoms with van der Waals surface area (Å²) in [6, 6.07) is 14.0. The second-order valence-electron chi connectivity index (χ2n) is 7.88. The maximum atomic E-state index is 13.1.